The lowest BCUT2D eigenvalue weighted by atomic mass is 9.86. The lowest BCUT2D eigenvalue weighted by molar-refractivity contribution is 0.358. The quantitative estimate of drug-likeness (QED) is 0.680. The Morgan fingerprint density at radius 3 is 2.75 bits per heavy atom. The molecule has 3 atom stereocenters. The minimum atomic E-state index is 0.0390. The van der Waals surface area contributed by atoms with Gasteiger partial charge in [-0.1, -0.05) is 12.8 Å². The van der Waals surface area contributed by atoms with Crippen LogP contribution < -0.4 is 0 Å². The van der Waals surface area contributed by atoms with E-state index in [4.69, 9.17) is 10.5 Å². The van der Waals surface area contributed by atoms with E-state index >= 15 is 0 Å². The first-order valence-corrected chi connectivity index (χ1v) is 5.93. The highest BCUT2D eigenvalue weighted by Crippen LogP contribution is 2.26. The van der Waals surface area contributed by atoms with Crippen LogP contribution in [0.5, 0.6) is 0 Å². The van der Waals surface area contributed by atoms with Gasteiger partial charge in [-0.25, -0.2) is 0 Å². The van der Waals surface area contributed by atoms with Gasteiger partial charge in [0.1, 0.15) is 0 Å². The van der Waals surface area contributed by atoms with Gasteiger partial charge in [0.25, 0.3) is 0 Å². The Kier molecular flexibility index (Phi) is 5.50. The fourth-order valence-electron chi connectivity index (χ4n) is 1.88. The Bertz CT molecular complexity index is 310. The summed E-state index contributed by atoms with van der Waals surface area (Å²) in [6, 6.07) is 4.57. The van der Waals surface area contributed by atoms with E-state index in [0.29, 0.717) is 6.54 Å². The van der Waals surface area contributed by atoms with Crippen molar-refractivity contribution in [3.05, 3.63) is 0 Å². The summed E-state index contributed by atoms with van der Waals surface area (Å²) in [6.45, 7) is 2.48. The van der Waals surface area contributed by atoms with Crippen LogP contribution in [0.15, 0.2) is 10.2 Å². The third kappa shape index (κ3) is 3.98. The third-order valence-electron chi connectivity index (χ3n) is 3.01. The van der Waals surface area contributed by atoms with Crippen molar-refractivity contribution >= 4 is 0 Å². The summed E-state index contributed by atoms with van der Waals surface area (Å²) < 4.78 is 0. The van der Waals surface area contributed by atoms with Crippen LogP contribution in [0, 0.1) is 34.5 Å². The average Bonchev–Trinajstić information content (AvgIpc) is 2.34. The molecule has 1 aliphatic rings. The number of nitrogens with zero attached hydrogens (tertiary/aromatic N) is 4. The SMILES string of the molecule is CC(C#N)CCN=NC1CCCCC1C#N. The normalized spacial score (nSPS) is 27.2. The molecular formula is C12H18N4. The zero-order valence-corrected chi connectivity index (χ0v) is 9.76. The smallest absolute Gasteiger partial charge is 0.0866 e. The van der Waals surface area contributed by atoms with Gasteiger partial charge in [-0.05, 0) is 26.2 Å². The molecule has 3 unspecified atom stereocenters. The second kappa shape index (κ2) is 6.95. The Morgan fingerprint density at radius 1 is 1.31 bits per heavy atom. The molecule has 16 heavy (non-hydrogen) atoms. The molecule has 0 heterocycles. The van der Waals surface area contributed by atoms with Gasteiger partial charge in [-0.2, -0.15) is 20.8 Å². The molecule has 0 aliphatic heterocycles. The van der Waals surface area contributed by atoms with Gasteiger partial charge in [0, 0.05) is 5.92 Å². The van der Waals surface area contributed by atoms with Gasteiger partial charge in [-0.3, -0.25) is 0 Å². The van der Waals surface area contributed by atoms with Crippen molar-refractivity contribution in [2.75, 3.05) is 6.54 Å². The largest absolute Gasteiger partial charge is 0.198 e. The van der Waals surface area contributed by atoms with Crippen molar-refractivity contribution < 1.29 is 0 Å². The van der Waals surface area contributed by atoms with Crippen molar-refractivity contribution in [2.24, 2.45) is 22.1 Å². The van der Waals surface area contributed by atoms with Gasteiger partial charge < -0.3 is 0 Å². The molecule has 0 aromatic carbocycles. The van der Waals surface area contributed by atoms with Gasteiger partial charge >= 0.3 is 0 Å². The van der Waals surface area contributed by atoms with E-state index in [-0.39, 0.29) is 17.9 Å². The van der Waals surface area contributed by atoms with Crippen LogP contribution >= 0.6 is 0 Å². The molecule has 0 N–H and O–H groups in total. The van der Waals surface area contributed by atoms with Crippen LogP contribution in [0.25, 0.3) is 0 Å². The molecule has 4 nitrogen and oxygen atoms in total. The Hall–Kier alpha value is -1.42. The molecule has 0 saturated heterocycles. The number of rotatable bonds is 4. The Balaban J connectivity index is 2.32. The van der Waals surface area contributed by atoms with E-state index in [0.717, 1.165) is 32.1 Å². The molecule has 86 valence electrons. The van der Waals surface area contributed by atoms with E-state index in [1.807, 2.05) is 6.92 Å². The van der Waals surface area contributed by atoms with E-state index in [1.165, 1.54) is 0 Å². The highest BCUT2D eigenvalue weighted by molar-refractivity contribution is 4.94. The third-order valence-corrected chi connectivity index (χ3v) is 3.01. The second-order valence-electron chi connectivity index (χ2n) is 4.39. The van der Waals surface area contributed by atoms with Crippen molar-refractivity contribution in [3.63, 3.8) is 0 Å². The zero-order chi connectivity index (χ0) is 11.8. The molecule has 0 amide bonds. The molecule has 0 radical (unpaired) electrons. The molecule has 0 aromatic heterocycles. The van der Waals surface area contributed by atoms with E-state index in [1.54, 1.807) is 0 Å². The molecule has 1 aliphatic carbocycles. The molecule has 0 aromatic rings. The highest BCUT2D eigenvalue weighted by Gasteiger charge is 2.24. The van der Waals surface area contributed by atoms with Gasteiger partial charge in [0.05, 0.1) is 30.6 Å². The fraction of sp³-hybridized carbons (Fsp3) is 0.833. The fourth-order valence-corrected chi connectivity index (χ4v) is 1.88. The summed E-state index contributed by atoms with van der Waals surface area (Å²) in [4.78, 5) is 0. The van der Waals surface area contributed by atoms with Crippen molar-refractivity contribution in [3.8, 4) is 12.1 Å². The molecule has 0 bridgehead atoms. The summed E-state index contributed by atoms with van der Waals surface area (Å²) in [5.74, 6) is 0.0861. The van der Waals surface area contributed by atoms with E-state index in [9.17, 15) is 0 Å². The van der Waals surface area contributed by atoms with Crippen LogP contribution in [0.1, 0.15) is 39.0 Å². The van der Waals surface area contributed by atoms with Crippen LogP contribution in [0.2, 0.25) is 0 Å². The summed E-state index contributed by atoms with van der Waals surface area (Å²) in [5.41, 5.74) is 0. The van der Waals surface area contributed by atoms with Crippen LogP contribution in [-0.2, 0) is 0 Å². The summed E-state index contributed by atoms with van der Waals surface area (Å²) in [7, 11) is 0. The predicted octanol–water partition coefficient (Wildman–Crippen LogP) is 3.07. The number of hydrogen-bond donors (Lipinski definition) is 0. The number of hydrogen-bond acceptors (Lipinski definition) is 4. The first kappa shape index (κ1) is 12.6. The van der Waals surface area contributed by atoms with Gasteiger partial charge in [0.15, 0.2) is 0 Å². The molecule has 1 rings (SSSR count). The Labute approximate surface area is 97.0 Å². The van der Waals surface area contributed by atoms with Gasteiger partial charge in [0.2, 0.25) is 0 Å². The molecule has 0 spiro atoms. The van der Waals surface area contributed by atoms with Crippen molar-refractivity contribution in [1.82, 2.24) is 0 Å². The molecule has 4 heteroatoms. The van der Waals surface area contributed by atoms with Crippen LogP contribution in [0.4, 0.5) is 0 Å². The minimum absolute atomic E-state index is 0.0390. The monoisotopic (exact) mass is 218 g/mol. The van der Waals surface area contributed by atoms with Crippen LogP contribution in [0.3, 0.4) is 0 Å². The Morgan fingerprint density at radius 2 is 2.06 bits per heavy atom. The first-order valence-electron chi connectivity index (χ1n) is 5.93. The second-order valence-corrected chi connectivity index (χ2v) is 4.39. The first-order chi connectivity index (χ1) is 7.77. The lowest BCUT2D eigenvalue weighted by Crippen LogP contribution is -2.21. The number of azo groups is 1. The van der Waals surface area contributed by atoms with Crippen molar-refractivity contribution in [1.29, 1.82) is 10.5 Å². The van der Waals surface area contributed by atoms with Crippen LogP contribution in [-0.4, -0.2) is 12.6 Å². The zero-order valence-electron chi connectivity index (χ0n) is 9.76. The van der Waals surface area contributed by atoms with Gasteiger partial charge in [-0.15, -0.1) is 0 Å². The summed E-state index contributed by atoms with van der Waals surface area (Å²) >= 11 is 0. The minimum Gasteiger partial charge on any atom is -0.198 e. The van der Waals surface area contributed by atoms with Crippen molar-refractivity contribution in [2.45, 2.75) is 45.1 Å². The number of nitriles is 2. The molecule has 1 saturated carbocycles. The standard InChI is InChI=1S/C12H18N4/c1-10(8-13)6-7-15-16-12-5-3-2-4-11(12)9-14/h10-12H,2-7H2,1H3. The lowest BCUT2D eigenvalue weighted by Gasteiger charge is -2.21. The summed E-state index contributed by atoms with van der Waals surface area (Å²) in [5, 5.41) is 25.9. The maximum Gasteiger partial charge on any atom is 0.0866 e. The predicted molar refractivity (Wildman–Crippen MR) is 60.5 cm³/mol. The molecule has 1 fully saturated rings. The van der Waals surface area contributed by atoms with E-state index < -0.39 is 0 Å². The topological polar surface area (TPSA) is 72.3 Å². The maximum absolute atomic E-state index is 8.95. The highest BCUT2D eigenvalue weighted by atomic mass is 15.1. The maximum atomic E-state index is 8.95. The summed E-state index contributed by atoms with van der Waals surface area (Å²) in [6.07, 6.45) is 4.97. The van der Waals surface area contributed by atoms with E-state index in [2.05, 4.69) is 22.4 Å². The molecular weight excluding hydrogens is 200 g/mol. The average molecular weight is 218 g/mol.